The Morgan fingerprint density at radius 2 is 1.87 bits per heavy atom. The topological polar surface area (TPSA) is 111 Å². The molecule has 1 N–H and O–H groups in total. The minimum absolute atomic E-state index is 0.00543. The fourth-order valence-electron chi connectivity index (χ4n) is 3.01. The van der Waals surface area contributed by atoms with Crippen LogP contribution in [0.2, 0.25) is 0 Å². The first-order chi connectivity index (χ1) is 15.0. The Kier molecular flexibility index (Phi) is 5.65. The molecule has 158 valence electrons. The largest absolute Gasteiger partial charge is 0.497 e. The highest BCUT2D eigenvalue weighted by Gasteiger charge is 2.28. The molecule has 1 aromatic heterocycles. The molecule has 1 fully saturated rings. The molecule has 0 unspecified atom stereocenters. The van der Waals surface area contributed by atoms with Crippen LogP contribution in [0.15, 0.2) is 59.2 Å². The molecule has 2 aromatic carbocycles. The number of methoxy groups -OCH3 is 1. The first kappa shape index (κ1) is 20.1. The maximum absolute atomic E-state index is 12.3. The number of amides is 3. The second-order valence-corrected chi connectivity index (χ2v) is 6.78. The van der Waals surface area contributed by atoms with Crippen LogP contribution in [0.25, 0.3) is 11.5 Å². The predicted octanol–water partition coefficient (Wildman–Crippen LogP) is 2.76. The van der Waals surface area contributed by atoms with E-state index in [4.69, 9.17) is 13.9 Å². The fraction of sp³-hybridized carbons (Fsp3) is 0.182. The number of carbonyl (C=O) groups excluding carboxylic acids is 3. The molecule has 0 radical (unpaired) electrons. The molecule has 4 rings (SSSR count). The second kappa shape index (κ2) is 8.70. The summed E-state index contributed by atoms with van der Waals surface area (Å²) in [6.45, 7) is 0.112. The lowest BCUT2D eigenvalue weighted by Gasteiger charge is -2.12. The van der Waals surface area contributed by atoms with E-state index in [0.717, 1.165) is 21.8 Å². The molecule has 9 nitrogen and oxygen atoms in total. The second-order valence-electron chi connectivity index (χ2n) is 6.78. The van der Waals surface area contributed by atoms with Crippen LogP contribution in [0.3, 0.4) is 0 Å². The van der Waals surface area contributed by atoms with E-state index in [1.165, 1.54) is 6.26 Å². The van der Waals surface area contributed by atoms with Crippen LogP contribution in [-0.2, 0) is 22.7 Å². The van der Waals surface area contributed by atoms with Gasteiger partial charge in [-0.05, 0) is 42.0 Å². The molecule has 0 saturated carbocycles. The average Bonchev–Trinajstić information content (AvgIpc) is 3.40. The number of urea groups is 1. The third-order valence-corrected chi connectivity index (χ3v) is 4.71. The van der Waals surface area contributed by atoms with Crippen molar-refractivity contribution in [2.24, 2.45) is 0 Å². The molecular weight excluding hydrogens is 402 g/mol. The molecule has 1 aliphatic rings. The summed E-state index contributed by atoms with van der Waals surface area (Å²) in [4.78, 5) is 41.0. The summed E-state index contributed by atoms with van der Waals surface area (Å²) < 4.78 is 15.9. The highest BCUT2D eigenvalue weighted by molar-refractivity contribution is 6.01. The highest BCUT2D eigenvalue weighted by Crippen LogP contribution is 2.22. The number of rotatable bonds is 7. The number of ether oxygens (including phenoxy) is 2. The lowest BCUT2D eigenvalue weighted by Crippen LogP contribution is -2.30. The van der Waals surface area contributed by atoms with E-state index < -0.39 is 12.0 Å². The molecule has 9 heteroatoms. The Labute approximate surface area is 177 Å². The van der Waals surface area contributed by atoms with Crippen molar-refractivity contribution in [3.05, 3.63) is 71.6 Å². The van der Waals surface area contributed by atoms with Crippen LogP contribution >= 0.6 is 0 Å². The number of nitrogens with one attached hydrogen (secondary N) is 1. The average molecular weight is 421 g/mol. The van der Waals surface area contributed by atoms with Gasteiger partial charge in [0.05, 0.1) is 25.8 Å². The lowest BCUT2D eigenvalue weighted by molar-refractivity contribution is -0.125. The van der Waals surface area contributed by atoms with Gasteiger partial charge in [-0.3, -0.25) is 9.69 Å². The first-order valence-electron chi connectivity index (χ1n) is 9.46. The van der Waals surface area contributed by atoms with Crippen molar-refractivity contribution in [1.29, 1.82) is 0 Å². The van der Waals surface area contributed by atoms with Gasteiger partial charge >= 0.3 is 12.0 Å². The van der Waals surface area contributed by atoms with Crippen LogP contribution < -0.4 is 10.1 Å². The molecule has 1 saturated heterocycles. The Morgan fingerprint density at radius 3 is 2.52 bits per heavy atom. The normalized spacial score (nSPS) is 13.3. The summed E-state index contributed by atoms with van der Waals surface area (Å²) >= 11 is 0. The Morgan fingerprint density at radius 1 is 1.13 bits per heavy atom. The zero-order chi connectivity index (χ0) is 21.8. The summed E-state index contributed by atoms with van der Waals surface area (Å²) in [5.74, 6) is 0.343. The van der Waals surface area contributed by atoms with E-state index in [9.17, 15) is 14.4 Å². The molecule has 0 aliphatic carbocycles. The van der Waals surface area contributed by atoms with Crippen molar-refractivity contribution in [1.82, 2.24) is 15.2 Å². The van der Waals surface area contributed by atoms with Crippen molar-refractivity contribution >= 4 is 17.9 Å². The fourth-order valence-corrected chi connectivity index (χ4v) is 3.01. The number of hydrogen-bond acceptors (Lipinski definition) is 7. The third kappa shape index (κ3) is 4.55. The van der Waals surface area contributed by atoms with E-state index in [-0.39, 0.29) is 25.6 Å². The number of esters is 1. The van der Waals surface area contributed by atoms with Crippen LogP contribution in [0.5, 0.6) is 5.75 Å². The lowest BCUT2D eigenvalue weighted by atomic mass is 10.1. The summed E-state index contributed by atoms with van der Waals surface area (Å²) in [6.07, 6.45) is 1.44. The molecule has 1 aliphatic heterocycles. The Bertz CT molecular complexity index is 1090. The van der Waals surface area contributed by atoms with E-state index in [2.05, 4.69) is 10.3 Å². The van der Waals surface area contributed by atoms with Gasteiger partial charge in [-0.2, -0.15) is 0 Å². The number of benzene rings is 2. The number of carbonyl (C=O) groups is 3. The summed E-state index contributed by atoms with van der Waals surface area (Å²) in [6, 6.07) is 13.3. The molecule has 0 bridgehead atoms. The zero-order valence-electron chi connectivity index (χ0n) is 16.7. The third-order valence-electron chi connectivity index (χ3n) is 4.71. The summed E-state index contributed by atoms with van der Waals surface area (Å²) in [7, 11) is 1.59. The smallest absolute Gasteiger partial charge is 0.338 e. The number of imide groups is 1. The molecule has 31 heavy (non-hydrogen) atoms. The van der Waals surface area contributed by atoms with Gasteiger partial charge in [0.1, 0.15) is 24.3 Å². The summed E-state index contributed by atoms with van der Waals surface area (Å²) in [5.41, 5.74) is 2.33. The molecule has 3 aromatic rings. The minimum atomic E-state index is -0.518. The van der Waals surface area contributed by atoms with Crippen molar-refractivity contribution in [3.8, 4) is 17.2 Å². The van der Waals surface area contributed by atoms with Gasteiger partial charge in [0, 0.05) is 5.56 Å². The van der Waals surface area contributed by atoms with Crippen molar-refractivity contribution < 1.29 is 28.3 Å². The first-order valence-corrected chi connectivity index (χ1v) is 9.46. The minimum Gasteiger partial charge on any atom is -0.497 e. The standard InChI is InChI=1S/C22H19N3O6/c1-29-18-8-6-15(7-9-18)20-24-17(12-30-20)13-31-21(27)16-4-2-14(3-5-16)11-25-19(26)10-23-22(25)28/h2-9,12H,10-11,13H2,1H3,(H,23,28). The van der Waals surface area contributed by atoms with Gasteiger partial charge in [-0.1, -0.05) is 12.1 Å². The number of hydrogen-bond donors (Lipinski definition) is 1. The molecule has 0 atom stereocenters. The highest BCUT2D eigenvalue weighted by atomic mass is 16.5. The van der Waals surface area contributed by atoms with E-state index in [1.54, 1.807) is 43.5 Å². The van der Waals surface area contributed by atoms with Gasteiger partial charge < -0.3 is 19.2 Å². The van der Waals surface area contributed by atoms with Crippen LogP contribution in [0, 0.1) is 0 Å². The number of aromatic nitrogens is 1. The Balaban J connectivity index is 1.33. The van der Waals surface area contributed by atoms with Gasteiger partial charge in [-0.25, -0.2) is 14.6 Å². The van der Waals surface area contributed by atoms with Gasteiger partial charge in [0.2, 0.25) is 11.8 Å². The quantitative estimate of drug-likeness (QED) is 0.461. The van der Waals surface area contributed by atoms with Crippen LogP contribution in [-0.4, -0.2) is 41.4 Å². The van der Waals surface area contributed by atoms with E-state index in [1.807, 2.05) is 12.1 Å². The molecule has 3 amide bonds. The SMILES string of the molecule is COc1ccc(-c2nc(COC(=O)c3ccc(CN4C(=O)CNC4=O)cc3)co2)cc1. The predicted molar refractivity (Wildman–Crippen MR) is 108 cm³/mol. The zero-order valence-corrected chi connectivity index (χ0v) is 16.7. The van der Waals surface area contributed by atoms with E-state index in [0.29, 0.717) is 17.1 Å². The van der Waals surface area contributed by atoms with E-state index >= 15 is 0 Å². The van der Waals surface area contributed by atoms with Gasteiger partial charge in [0.15, 0.2) is 0 Å². The van der Waals surface area contributed by atoms with Crippen molar-refractivity contribution in [3.63, 3.8) is 0 Å². The van der Waals surface area contributed by atoms with Gasteiger partial charge in [-0.15, -0.1) is 0 Å². The monoisotopic (exact) mass is 421 g/mol. The number of nitrogens with zero attached hydrogens (tertiary/aromatic N) is 2. The van der Waals surface area contributed by atoms with Gasteiger partial charge in [0.25, 0.3) is 0 Å². The number of oxazole rings is 1. The van der Waals surface area contributed by atoms with Crippen LogP contribution in [0.1, 0.15) is 21.6 Å². The Hall–Kier alpha value is -4.14. The van der Waals surface area contributed by atoms with Crippen molar-refractivity contribution in [2.75, 3.05) is 13.7 Å². The molecule has 0 spiro atoms. The maximum Gasteiger partial charge on any atom is 0.338 e. The molecular formula is C22H19N3O6. The van der Waals surface area contributed by atoms with Crippen molar-refractivity contribution in [2.45, 2.75) is 13.2 Å². The molecule has 2 heterocycles. The maximum atomic E-state index is 12.3. The van der Waals surface area contributed by atoms with Crippen LogP contribution in [0.4, 0.5) is 4.79 Å². The summed E-state index contributed by atoms with van der Waals surface area (Å²) in [5, 5.41) is 2.46.